The number of aryl methyl sites for hydroxylation is 2. The van der Waals surface area contributed by atoms with Gasteiger partial charge in [-0.25, -0.2) is 4.98 Å². The van der Waals surface area contributed by atoms with E-state index in [4.69, 9.17) is 5.73 Å². The van der Waals surface area contributed by atoms with Crippen LogP contribution in [0.5, 0.6) is 0 Å². The van der Waals surface area contributed by atoms with Gasteiger partial charge in [0.25, 0.3) is 0 Å². The van der Waals surface area contributed by atoms with Gasteiger partial charge < -0.3 is 11.1 Å². The summed E-state index contributed by atoms with van der Waals surface area (Å²) in [7, 11) is 0. The number of nitrogens with one attached hydrogen (secondary N) is 1. The highest BCUT2D eigenvalue weighted by Gasteiger charge is 2.33. The first-order chi connectivity index (χ1) is 8.47. The van der Waals surface area contributed by atoms with Crippen LogP contribution in [0.3, 0.4) is 0 Å². The van der Waals surface area contributed by atoms with Crippen molar-refractivity contribution in [3.8, 4) is 0 Å². The predicted octanol–water partition coefficient (Wildman–Crippen LogP) is 2.40. The average molecular weight is 249 g/mol. The smallest absolute Gasteiger partial charge is 0.233 e. The Hall–Kier alpha value is -1.42. The highest BCUT2D eigenvalue weighted by atomic mass is 16.2. The minimum atomic E-state index is -0.487. The van der Waals surface area contributed by atoms with Gasteiger partial charge in [-0.1, -0.05) is 13.8 Å². The molecule has 4 heteroatoms. The highest BCUT2D eigenvalue weighted by molar-refractivity contribution is 5.94. The fourth-order valence-electron chi connectivity index (χ4n) is 2.11. The molecule has 0 fully saturated rings. The summed E-state index contributed by atoms with van der Waals surface area (Å²) >= 11 is 0. The van der Waals surface area contributed by atoms with Crippen LogP contribution in [0.1, 0.15) is 37.9 Å². The maximum absolute atomic E-state index is 12.3. The number of aromatic nitrogens is 1. The van der Waals surface area contributed by atoms with Gasteiger partial charge in [-0.05, 0) is 44.4 Å². The molecule has 0 saturated heterocycles. The third kappa shape index (κ3) is 3.07. The summed E-state index contributed by atoms with van der Waals surface area (Å²) in [5.41, 5.74) is 7.26. The van der Waals surface area contributed by atoms with E-state index in [1.165, 1.54) is 0 Å². The van der Waals surface area contributed by atoms with Crippen LogP contribution < -0.4 is 11.1 Å². The molecule has 0 aliphatic rings. The number of carbonyl (C=O) groups excluding carboxylic acids is 1. The number of hydrogen-bond donors (Lipinski definition) is 2. The fraction of sp³-hybridized carbons (Fsp3) is 0.571. The molecule has 1 aromatic rings. The molecular weight excluding hydrogens is 226 g/mol. The number of nitrogens with two attached hydrogens (primary N) is 1. The first-order valence-corrected chi connectivity index (χ1v) is 6.44. The molecule has 0 spiro atoms. The van der Waals surface area contributed by atoms with Crippen LogP contribution in [0.2, 0.25) is 0 Å². The molecule has 0 bridgehead atoms. The Morgan fingerprint density at radius 3 is 2.39 bits per heavy atom. The van der Waals surface area contributed by atoms with Gasteiger partial charge in [-0.3, -0.25) is 4.79 Å². The van der Waals surface area contributed by atoms with Gasteiger partial charge in [-0.15, -0.1) is 0 Å². The second-order valence-electron chi connectivity index (χ2n) is 4.82. The van der Waals surface area contributed by atoms with Gasteiger partial charge >= 0.3 is 0 Å². The Labute approximate surface area is 109 Å². The maximum Gasteiger partial charge on any atom is 0.233 e. The Balaban J connectivity index is 2.92. The first kappa shape index (κ1) is 14.6. The van der Waals surface area contributed by atoms with E-state index in [0.717, 1.165) is 24.1 Å². The normalized spacial score (nSPS) is 11.4. The SMILES string of the molecule is CCC(CC)(CN)C(=O)Nc1cc(C)cc(C)n1. The Bertz CT molecular complexity index is 397. The summed E-state index contributed by atoms with van der Waals surface area (Å²) in [5, 5.41) is 2.89. The van der Waals surface area contributed by atoms with Crippen molar-refractivity contribution in [2.24, 2.45) is 11.1 Å². The van der Waals surface area contributed by atoms with Gasteiger partial charge in [0, 0.05) is 12.2 Å². The molecule has 0 saturated carbocycles. The lowest BCUT2D eigenvalue weighted by Gasteiger charge is -2.28. The minimum Gasteiger partial charge on any atom is -0.329 e. The van der Waals surface area contributed by atoms with Crippen molar-refractivity contribution >= 4 is 11.7 Å². The molecule has 100 valence electrons. The minimum absolute atomic E-state index is 0.0347. The maximum atomic E-state index is 12.3. The van der Waals surface area contributed by atoms with Crippen molar-refractivity contribution in [1.29, 1.82) is 0 Å². The summed E-state index contributed by atoms with van der Waals surface area (Å²) in [5.74, 6) is 0.574. The van der Waals surface area contributed by atoms with Crippen molar-refractivity contribution in [3.05, 3.63) is 23.4 Å². The van der Waals surface area contributed by atoms with E-state index in [2.05, 4.69) is 10.3 Å². The zero-order valence-corrected chi connectivity index (χ0v) is 11.7. The van der Waals surface area contributed by atoms with Crippen LogP contribution in [0.15, 0.2) is 12.1 Å². The predicted molar refractivity (Wildman–Crippen MR) is 74.4 cm³/mol. The van der Waals surface area contributed by atoms with E-state index in [-0.39, 0.29) is 5.91 Å². The summed E-state index contributed by atoms with van der Waals surface area (Å²) < 4.78 is 0. The number of carbonyl (C=O) groups is 1. The number of rotatable bonds is 5. The number of anilines is 1. The molecule has 0 aliphatic heterocycles. The van der Waals surface area contributed by atoms with Crippen LogP contribution in [0, 0.1) is 19.3 Å². The Kier molecular flexibility index (Phi) is 4.84. The molecule has 3 N–H and O–H groups in total. The molecule has 1 aromatic heterocycles. The van der Waals surface area contributed by atoms with Crippen molar-refractivity contribution in [1.82, 2.24) is 4.98 Å². The molecule has 4 nitrogen and oxygen atoms in total. The molecule has 18 heavy (non-hydrogen) atoms. The van der Waals surface area contributed by atoms with Gasteiger partial charge in [0.2, 0.25) is 5.91 Å². The molecule has 1 amide bonds. The number of hydrogen-bond acceptors (Lipinski definition) is 3. The summed E-state index contributed by atoms with van der Waals surface area (Å²) in [6.45, 7) is 8.24. The van der Waals surface area contributed by atoms with E-state index in [0.29, 0.717) is 12.4 Å². The zero-order chi connectivity index (χ0) is 13.8. The van der Waals surface area contributed by atoms with Crippen LogP contribution in [-0.2, 0) is 4.79 Å². The average Bonchev–Trinajstić information content (AvgIpc) is 2.30. The fourth-order valence-corrected chi connectivity index (χ4v) is 2.11. The molecule has 0 atom stereocenters. The van der Waals surface area contributed by atoms with Crippen LogP contribution in [0.4, 0.5) is 5.82 Å². The zero-order valence-electron chi connectivity index (χ0n) is 11.7. The summed E-state index contributed by atoms with van der Waals surface area (Å²) in [6, 6.07) is 3.85. The van der Waals surface area contributed by atoms with Crippen molar-refractivity contribution in [2.45, 2.75) is 40.5 Å². The number of nitrogens with zero attached hydrogens (tertiary/aromatic N) is 1. The van der Waals surface area contributed by atoms with Gasteiger partial charge in [0.05, 0.1) is 5.41 Å². The van der Waals surface area contributed by atoms with Crippen LogP contribution in [0.25, 0.3) is 0 Å². The Morgan fingerprint density at radius 2 is 1.94 bits per heavy atom. The standard InChI is InChI=1S/C14H23N3O/c1-5-14(6-2,9-15)13(18)17-12-8-10(3)7-11(4)16-12/h7-8H,5-6,9,15H2,1-4H3,(H,16,17,18). The molecule has 0 aromatic carbocycles. The van der Waals surface area contributed by atoms with E-state index < -0.39 is 5.41 Å². The second kappa shape index (κ2) is 5.96. The van der Waals surface area contributed by atoms with Gasteiger partial charge in [0.15, 0.2) is 0 Å². The van der Waals surface area contributed by atoms with E-state index >= 15 is 0 Å². The molecule has 0 aliphatic carbocycles. The van der Waals surface area contributed by atoms with E-state index in [1.807, 2.05) is 39.8 Å². The number of amides is 1. The van der Waals surface area contributed by atoms with E-state index in [9.17, 15) is 4.79 Å². The van der Waals surface area contributed by atoms with Gasteiger partial charge in [0.1, 0.15) is 5.82 Å². The van der Waals surface area contributed by atoms with Gasteiger partial charge in [-0.2, -0.15) is 0 Å². The summed E-state index contributed by atoms with van der Waals surface area (Å²) in [6.07, 6.45) is 1.47. The van der Waals surface area contributed by atoms with Crippen LogP contribution >= 0.6 is 0 Å². The third-order valence-corrected chi connectivity index (χ3v) is 3.57. The quantitative estimate of drug-likeness (QED) is 0.842. The van der Waals surface area contributed by atoms with Crippen LogP contribution in [-0.4, -0.2) is 17.4 Å². The van der Waals surface area contributed by atoms with E-state index in [1.54, 1.807) is 0 Å². The van der Waals surface area contributed by atoms with Crippen molar-refractivity contribution in [3.63, 3.8) is 0 Å². The first-order valence-electron chi connectivity index (χ1n) is 6.44. The second-order valence-corrected chi connectivity index (χ2v) is 4.82. The molecule has 1 rings (SSSR count). The topological polar surface area (TPSA) is 68.0 Å². The highest BCUT2D eigenvalue weighted by Crippen LogP contribution is 2.26. The lowest BCUT2D eigenvalue weighted by molar-refractivity contribution is -0.125. The Morgan fingerprint density at radius 1 is 1.33 bits per heavy atom. The van der Waals surface area contributed by atoms with Crippen molar-refractivity contribution < 1.29 is 4.79 Å². The third-order valence-electron chi connectivity index (χ3n) is 3.57. The lowest BCUT2D eigenvalue weighted by atomic mass is 9.81. The molecule has 0 unspecified atom stereocenters. The lowest BCUT2D eigenvalue weighted by Crippen LogP contribution is -2.41. The van der Waals surface area contributed by atoms with Crippen molar-refractivity contribution in [2.75, 3.05) is 11.9 Å². The molecular formula is C14H23N3O. The molecule has 1 heterocycles. The molecule has 0 radical (unpaired) electrons. The largest absolute Gasteiger partial charge is 0.329 e. The monoisotopic (exact) mass is 249 g/mol. The number of pyridine rings is 1. The summed E-state index contributed by atoms with van der Waals surface area (Å²) in [4.78, 5) is 16.6.